The molecule has 0 aliphatic carbocycles. The lowest BCUT2D eigenvalue weighted by Gasteiger charge is -2.10. The van der Waals surface area contributed by atoms with Gasteiger partial charge in [0.2, 0.25) is 5.89 Å². The Bertz CT molecular complexity index is 617. The fraction of sp³-hybridized carbons (Fsp3) is 0.444. The third kappa shape index (κ3) is 7.87. The number of hydrogen-bond donors (Lipinski definition) is 2. The molecule has 0 spiro atoms. The van der Waals surface area contributed by atoms with Gasteiger partial charge >= 0.3 is 0 Å². The molecule has 25 heavy (non-hydrogen) atoms. The second kappa shape index (κ2) is 12.7. The Balaban J connectivity index is 0.00000312. The predicted molar refractivity (Wildman–Crippen MR) is 111 cm³/mol. The average molecular weight is 458 g/mol. The summed E-state index contributed by atoms with van der Waals surface area (Å²) < 4.78 is 10.9. The number of ether oxygens (including phenoxy) is 1. The molecule has 6 nitrogen and oxygen atoms in total. The summed E-state index contributed by atoms with van der Waals surface area (Å²) in [6, 6.07) is 9.85. The molecule has 1 aromatic heterocycles. The van der Waals surface area contributed by atoms with Crippen molar-refractivity contribution in [1.82, 2.24) is 15.6 Å². The van der Waals surface area contributed by atoms with Crippen molar-refractivity contribution in [2.24, 2.45) is 4.99 Å². The SMILES string of the molecule is CCNC(=NCc1coc(-c2ccccc2)n1)NCCCOCC.I. The van der Waals surface area contributed by atoms with Gasteiger partial charge in [0.05, 0.1) is 6.54 Å². The number of oxazole rings is 1. The molecule has 0 saturated carbocycles. The van der Waals surface area contributed by atoms with Crippen LogP contribution in [0.2, 0.25) is 0 Å². The van der Waals surface area contributed by atoms with Crippen molar-refractivity contribution >= 4 is 29.9 Å². The van der Waals surface area contributed by atoms with Crippen LogP contribution in [0.3, 0.4) is 0 Å². The Kier molecular flexibility index (Phi) is 10.9. The minimum atomic E-state index is 0. The summed E-state index contributed by atoms with van der Waals surface area (Å²) in [5.74, 6) is 1.40. The fourth-order valence-electron chi connectivity index (χ4n) is 2.12. The Morgan fingerprint density at radius 3 is 2.72 bits per heavy atom. The smallest absolute Gasteiger partial charge is 0.226 e. The van der Waals surface area contributed by atoms with Gasteiger partial charge in [-0.15, -0.1) is 24.0 Å². The van der Waals surface area contributed by atoms with Crippen LogP contribution in [0.4, 0.5) is 0 Å². The van der Waals surface area contributed by atoms with Crippen molar-refractivity contribution in [2.75, 3.05) is 26.3 Å². The molecule has 2 N–H and O–H groups in total. The van der Waals surface area contributed by atoms with E-state index in [4.69, 9.17) is 9.15 Å². The summed E-state index contributed by atoms with van der Waals surface area (Å²) >= 11 is 0. The highest BCUT2D eigenvalue weighted by molar-refractivity contribution is 14.0. The standard InChI is InChI=1S/C18H26N4O2.HI/c1-3-19-18(20-11-8-12-23-4-2)21-13-16-14-24-17(22-16)15-9-6-5-7-10-15;/h5-7,9-10,14H,3-4,8,11-13H2,1-2H3,(H2,19,20,21);1H. The summed E-state index contributed by atoms with van der Waals surface area (Å²) in [5.41, 5.74) is 1.77. The maximum absolute atomic E-state index is 5.53. The van der Waals surface area contributed by atoms with Crippen molar-refractivity contribution in [3.05, 3.63) is 42.3 Å². The first-order valence-corrected chi connectivity index (χ1v) is 8.43. The summed E-state index contributed by atoms with van der Waals surface area (Å²) in [5, 5.41) is 6.51. The Labute approximate surface area is 166 Å². The Hall–Kier alpha value is -1.61. The van der Waals surface area contributed by atoms with E-state index < -0.39 is 0 Å². The van der Waals surface area contributed by atoms with Gasteiger partial charge in [0.25, 0.3) is 0 Å². The molecule has 0 amide bonds. The van der Waals surface area contributed by atoms with Gasteiger partial charge in [-0.25, -0.2) is 9.98 Å². The maximum Gasteiger partial charge on any atom is 0.226 e. The van der Waals surface area contributed by atoms with Gasteiger partial charge in [-0.3, -0.25) is 0 Å². The largest absolute Gasteiger partial charge is 0.444 e. The van der Waals surface area contributed by atoms with Crippen molar-refractivity contribution in [1.29, 1.82) is 0 Å². The average Bonchev–Trinajstić information content (AvgIpc) is 3.09. The topological polar surface area (TPSA) is 71.7 Å². The highest BCUT2D eigenvalue weighted by Crippen LogP contribution is 2.18. The van der Waals surface area contributed by atoms with Crippen LogP contribution in [0.1, 0.15) is 26.0 Å². The quantitative estimate of drug-likeness (QED) is 0.261. The van der Waals surface area contributed by atoms with Crippen molar-refractivity contribution in [2.45, 2.75) is 26.8 Å². The van der Waals surface area contributed by atoms with Crippen LogP contribution < -0.4 is 10.6 Å². The van der Waals surface area contributed by atoms with Gasteiger partial charge in [-0.2, -0.15) is 0 Å². The summed E-state index contributed by atoms with van der Waals surface area (Å²) in [7, 11) is 0. The third-order valence-corrected chi connectivity index (χ3v) is 3.28. The molecule has 2 rings (SSSR count). The zero-order chi connectivity index (χ0) is 17.0. The fourth-order valence-corrected chi connectivity index (χ4v) is 2.12. The van der Waals surface area contributed by atoms with E-state index in [1.54, 1.807) is 6.26 Å². The molecule has 7 heteroatoms. The number of aromatic nitrogens is 1. The molecule has 0 bridgehead atoms. The number of nitrogens with zero attached hydrogens (tertiary/aromatic N) is 2. The van der Waals surface area contributed by atoms with Gasteiger partial charge in [0, 0.05) is 31.9 Å². The number of guanidine groups is 1. The van der Waals surface area contributed by atoms with Crippen LogP contribution in [0.25, 0.3) is 11.5 Å². The van der Waals surface area contributed by atoms with E-state index in [0.717, 1.165) is 49.9 Å². The van der Waals surface area contributed by atoms with Crippen LogP contribution in [0.15, 0.2) is 46.0 Å². The van der Waals surface area contributed by atoms with E-state index in [0.29, 0.717) is 12.4 Å². The maximum atomic E-state index is 5.53. The second-order valence-electron chi connectivity index (χ2n) is 5.18. The summed E-state index contributed by atoms with van der Waals surface area (Å²) in [6.07, 6.45) is 2.60. The molecule has 1 heterocycles. The lowest BCUT2D eigenvalue weighted by atomic mass is 10.2. The number of hydrogen-bond acceptors (Lipinski definition) is 4. The van der Waals surface area contributed by atoms with Gasteiger partial charge in [0.15, 0.2) is 5.96 Å². The number of nitrogens with one attached hydrogen (secondary N) is 2. The van der Waals surface area contributed by atoms with Crippen LogP contribution >= 0.6 is 24.0 Å². The lowest BCUT2D eigenvalue weighted by molar-refractivity contribution is 0.145. The molecule has 0 saturated heterocycles. The van der Waals surface area contributed by atoms with E-state index in [1.807, 2.05) is 44.2 Å². The van der Waals surface area contributed by atoms with Crippen LogP contribution in [0.5, 0.6) is 0 Å². The first kappa shape index (κ1) is 21.4. The third-order valence-electron chi connectivity index (χ3n) is 3.28. The predicted octanol–water partition coefficient (Wildman–Crippen LogP) is 3.44. The minimum absolute atomic E-state index is 0. The molecule has 138 valence electrons. The first-order valence-electron chi connectivity index (χ1n) is 8.43. The molecule has 0 fully saturated rings. The van der Waals surface area contributed by atoms with Crippen molar-refractivity contribution in [3.63, 3.8) is 0 Å². The van der Waals surface area contributed by atoms with Gasteiger partial charge < -0.3 is 19.8 Å². The van der Waals surface area contributed by atoms with Crippen LogP contribution in [0, 0.1) is 0 Å². The number of aliphatic imine (C=N–C) groups is 1. The molecule has 1 aromatic carbocycles. The molecule has 0 aliphatic heterocycles. The first-order chi connectivity index (χ1) is 11.8. The van der Waals surface area contributed by atoms with Crippen molar-refractivity contribution < 1.29 is 9.15 Å². The molecule has 0 aliphatic rings. The van der Waals surface area contributed by atoms with Gasteiger partial charge in [-0.1, -0.05) is 18.2 Å². The zero-order valence-electron chi connectivity index (χ0n) is 14.8. The lowest BCUT2D eigenvalue weighted by Crippen LogP contribution is -2.38. The van der Waals surface area contributed by atoms with Gasteiger partial charge in [-0.05, 0) is 32.4 Å². The summed E-state index contributed by atoms with van der Waals surface area (Å²) in [4.78, 5) is 9.02. The Morgan fingerprint density at radius 2 is 2.00 bits per heavy atom. The minimum Gasteiger partial charge on any atom is -0.444 e. The van der Waals surface area contributed by atoms with Gasteiger partial charge in [0.1, 0.15) is 12.0 Å². The molecular formula is C18H27IN4O2. The molecule has 0 atom stereocenters. The normalized spacial score (nSPS) is 11.0. The summed E-state index contributed by atoms with van der Waals surface area (Å²) in [6.45, 7) is 7.65. The molecule has 2 aromatic rings. The van der Waals surface area contributed by atoms with Crippen LogP contribution in [-0.2, 0) is 11.3 Å². The number of rotatable bonds is 9. The van der Waals surface area contributed by atoms with E-state index in [1.165, 1.54) is 0 Å². The number of benzene rings is 1. The second-order valence-corrected chi connectivity index (χ2v) is 5.18. The van der Waals surface area contributed by atoms with Crippen LogP contribution in [-0.4, -0.2) is 37.2 Å². The Morgan fingerprint density at radius 1 is 1.20 bits per heavy atom. The molecular weight excluding hydrogens is 431 g/mol. The van der Waals surface area contributed by atoms with E-state index in [-0.39, 0.29) is 24.0 Å². The van der Waals surface area contributed by atoms with E-state index in [9.17, 15) is 0 Å². The monoisotopic (exact) mass is 458 g/mol. The van der Waals surface area contributed by atoms with Crippen molar-refractivity contribution in [3.8, 4) is 11.5 Å². The zero-order valence-corrected chi connectivity index (χ0v) is 17.2. The highest BCUT2D eigenvalue weighted by Gasteiger charge is 2.06. The molecule has 0 unspecified atom stereocenters. The van der Waals surface area contributed by atoms with E-state index >= 15 is 0 Å². The highest BCUT2D eigenvalue weighted by atomic mass is 127. The number of halogens is 1. The van der Waals surface area contributed by atoms with E-state index in [2.05, 4.69) is 20.6 Å². The molecule has 0 radical (unpaired) electrons.